The van der Waals surface area contributed by atoms with Crippen molar-refractivity contribution in [1.29, 1.82) is 0 Å². The Kier molecular flexibility index (Phi) is 4.62. The van der Waals surface area contributed by atoms with Crippen LogP contribution in [0.15, 0.2) is 0 Å². The van der Waals surface area contributed by atoms with Crippen molar-refractivity contribution in [3.05, 3.63) is 0 Å². The minimum Gasteiger partial charge on any atom is -0.316 e. The second-order valence-electron chi connectivity index (χ2n) is 13.0. The average molecular weight is 413 g/mol. The summed E-state index contributed by atoms with van der Waals surface area (Å²) in [5.74, 6) is 7.57. The number of hydrogen-bond donors (Lipinski definition) is 3. The first kappa shape index (κ1) is 19.3. The maximum Gasteiger partial charge on any atom is 0.00333 e. The molecule has 4 heteroatoms. The first-order chi connectivity index (χ1) is 14.7. The van der Waals surface area contributed by atoms with E-state index >= 15 is 0 Å². The Bertz CT molecular complexity index is 531. The SMILES string of the molecule is C1C2CC3CC1CN(C2)C3.C1CC2CC3CNCC23C1.C1NCC23CNCC2CC13. The molecular weight excluding hydrogens is 368 g/mol. The standard InChI is InChI=1S/2C9H15N.C8H14N2/c1-7-2-9-3-8(1)5-10(4-7)6-9;1-2-7-4-8-5-10-6-9(7,8)3-1;1-6-2-9-4-8(6)5-10-3-7(1)8/h7-9H,1-6H2;7-8,10H,1-6H2;6-7,9-10H,1-5H2. The fourth-order valence-electron chi connectivity index (χ4n) is 10.2. The summed E-state index contributed by atoms with van der Waals surface area (Å²) < 4.78 is 0. The van der Waals surface area contributed by atoms with E-state index < -0.39 is 0 Å². The predicted molar refractivity (Wildman–Crippen MR) is 121 cm³/mol. The van der Waals surface area contributed by atoms with Crippen LogP contribution in [0.1, 0.15) is 51.4 Å². The first-order valence-electron chi connectivity index (χ1n) is 13.6. The third-order valence-electron chi connectivity index (χ3n) is 11.7. The lowest BCUT2D eigenvalue weighted by Gasteiger charge is -2.51. The normalized spacial score (nSPS) is 57.6. The molecule has 4 aliphatic carbocycles. The van der Waals surface area contributed by atoms with Crippen LogP contribution in [0.2, 0.25) is 0 Å². The summed E-state index contributed by atoms with van der Waals surface area (Å²) in [7, 11) is 0. The lowest BCUT2D eigenvalue weighted by atomic mass is 9.56. The molecule has 10 fully saturated rings. The summed E-state index contributed by atoms with van der Waals surface area (Å²) >= 11 is 0. The zero-order chi connectivity index (χ0) is 19.8. The van der Waals surface area contributed by atoms with Crippen LogP contribution in [-0.4, -0.2) is 63.8 Å². The van der Waals surface area contributed by atoms with Crippen molar-refractivity contribution in [2.45, 2.75) is 51.4 Å². The zero-order valence-corrected chi connectivity index (χ0v) is 19.0. The summed E-state index contributed by atoms with van der Waals surface area (Å²) in [6, 6.07) is 0. The number of hydrogen-bond acceptors (Lipinski definition) is 4. The fourth-order valence-corrected chi connectivity index (χ4v) is 10.2. The van der Waals surface area contributed by atoms with Crippen LogP contribution in [0.4, 0.5) is 0 Å². The van der Waals surface area contributed by atoms with Gasteiger partial charge in [0.1, 0.15) is 0 Å². The van der Waals surface area contributed by atoms with Gasteiger partial charge in [-0.15, -0.1) is 0 Å². The van der Waals surface area contributed by atoms with Gasteiger partial charge in [0, 0.05) is 44.7 Å². The maximum absolute atomic E-state index is 3.55. The molecule has 6 aliphatic heterocycles. The Hall–Kier alpha value is -0.160. The quantitative estimate of drug-likeness (QED) is 0.572. The second kappa shape index (κ2) is 7.17. The number of piperidine rings is 3. The topological polar surface area (TPSA) is 39.3 Å². The molecule has 30 heavy (non-hydrogen) atoms. The Morgan fingerprint density at radius 1 is 0.567 bits per heavy atom. The Morgan fingerprint density at radius 3 is 1.53 bits per heavy atom. The van der Waals surface area contributed by atoms with Gasteiger partial charge < -0.3 is 20.9 Å². The largest absolute Gasteiger partial charge is 0.316 e. The van der Waals surface area contributed by atoms with Crippen LogP contribution in [-0.2, 0) is 0 Å². The van der Waals surface area contributed by atoms with E-state index in [0.717, 1.165) is 52.3 Å². The molecule has 0 aromatic heterocycles. The Morgan fingerprint density at radius 2 is 1.07 bits per heavy atom. The molecule has 3 N–H and O–H groups in total. The molecular formula is C26H44N4. The smallest absolute Gasteiger partial charge is 0.00333 e. The Labute approximate surface area is 183 Å². The minimum absolute atomic E-state index is 0.722. The summed E-state index contributed by atoms with van der Waals surface area (Å²) in [5.41, 5.74) is 1.56. The summed E-state index contributed by atoms with van der Waals surface area (Å²) in [5, 5.41) is 10.6. The fraction of sp³-hybridized carbons (Fsp3) is 1.00. The van der Waals surface area contributed by atoms with E-state index in [0.29, 0.717) is 0 Å². The van der Waals surface area contributed by atoms with Crippen molar-refractivity contribution in [2.24, 2.45) is 52.3 Å². The van der Waals surface area contributed by atoms with Crippen molar-refractivity contribution < 1.29 is 0 Å². The van der Waals surface area contributed by atoms with E-state index in [9.17, 15) is 0 Å². The minimum atomic E-state index is 0.722. The molecule has 2 spiro atoms. The van der Waals surface area contributed by atoms with E-state index in [4.69, 9.17) is 0 Å². The van der Waals surface area contributed by atoms with Crippen LogP contribution < -0.4 is 16.0 Å². The van der Waals surface area contributed by atoms with Crippen molar-refractivity contribution in [3.8, 4) is 0 Å². The van der Waals surface area contributed by atoms with Crippen LogP contribution in [0.3, 0.4) is 0 Å². The van der Waals surface area contributed by atoms with Crippen LogP contribution in [0.25, 0.3) is 0 Å². The highest BCUT2D eigenvalue weighted by molar-refractivity contribution is 5.13. The van der Waals surface area contributed by atoms with Crippen molar-refractivity contribution in [1.82, 2.24) is 20.9 Å². The molecule has 0 radical (unpaired) electrons. The lowest BCUT2D eigenvalue weighted by Crippen LogP contribution is -2.53. The van der Waals surface area contributed by atoms with Gasteiger partial charge in [0.05, 0.1) is 0 Å². The molecule has 6 saturated heterocycles. The molecule has 168 valence electrons. The molecule has 6 heterocycles. The lowest BCUT2D eigenvalue weighted by molar-refractivity contribution is -0.0169. The number of rotatable bonds is 0. The molecule has 5 unspecified atom stereocenters. The highest BCUT2D eigenvalue weighted by Crippen LogP contribution is 2.62. The highest BCUT2D eigenvalue weighted by atomic mass is 15.2. The van der Waals surface area contributed by atoms with Gasteiger partial charge >= 0.3 is 0 Å². The summed E-state index contributed by atoms with van der Waals surface area (Å²) in [6.07, 6.45) is 12.3. The summed E-state index contributed by atoms with van der Waals surface area (Å²) in [6.45, 7) is 12.1. The average Bonchev–Trinajstić information content (AvgIpc) is 3.43. The predicted octanol–water partition coefficient (Wildman–Crippen LogP) is 2.56. The van der Waals surface area contributed by atoms with Gasteiger partial charge in [0.15, 0.2) is 0 Å². The first-order valence-corrected chi connectivity index (χ1v) is 13.6. The van der Waals surface area contributed by atoms with Gasteiger partial charge in [0.2, 0.25) is 0 Å². The van der Waals surface area contributed by atoms with Crippen molar-refractivity contribution in [2.75, 3.05) is 58.9 Å². The van der Waals surface area contributed by atoms with Crippen LogP contribution >= 0.6 is 0 Å². The molecule has 0 aromatic rings. The maximum atomic E-state index is 3.55. The monoisotopic (exact) mass is 412 g/mol. The molecule has 10 rings (SSSR count). The van der Waals surface area contributed by atoms with E-state index in [1.165, 1.54) is 84.6 Å². The van der Waals surface area contributed by atoms with E-state index in [-0.39, 0.29) is 0 Å². The van der Waals surface area contributed by atoms with E-state index in [2.05, 4.69) is 20.9 Å². The van der Waals surface area contributed by atoms with Crippen LogP contribution in [0, 0.1) is 52.3 Å². The highest BCUT2D eigenvalue weighted by Gasteiger charge is 2.59. The molecule has 0 aromatic carbocycles. The third-order valence-corrected chi connectivity index (χ3v) is 11.7. The van der Waals surface area contributed by atoms with E-state index in [1.54, 1.807) is 25.7 Å². The zero-order valence-electron chi connectivity index (χ0n) is 19.0. The van der Waals surface area contributed by atoms with Gasteiger partial charge in [-0.3, -0.25) is 0 Å². The molecule has 0 amide bonds. The molecule has 10 aliphatic rings. The number of nitrogens with one attached hydrogen (secondary N) is 3. The third kappa shape index (κ3) is 2.85. The number of nitrogens with zero attached hydrogens (tertiary/aromatic N) is 1. The molecule has 4 saturated carbocycles. The van der Waals surface area contributed by atoms with Crippen LogP contribution in [0.5, 0.6) is 0 Å². The molecule has 4 nitrogen and oxygen atoms in total. The second-order valence-corrected chi connectivity index (χ2v) is 13.0. The van der Waals surface area contributed by atoms with Gasteiger partial charge in [-0.1, -0.05) is 6.42 Å². The summed E-state index contributed by atoms with van der Waals surface area (Å²) in [4.78, 5) is 2.69. The van der Waals surface area contributed by atoms with E-state index in [1.807, 2.05) is 0 Å². The van der Waals surface area contributed by atoms with Gasteiger partial charge in [-0.25, -0.2) is 0 Å². The molecule has 4 bridgehead atoms. The van der Waals surface area contributed by atoms with Gasteiger partial charge in [-0.2, -0.15) is 0 Å². The van der Waals surface area contributed by atoms with Crippen molar-refractivity contribution >= 4 is 0 Å². The van der Waals surface area contributed by atoms with Gasteiger partial charge in [0.25, 0.3) is 0 Å². The van der Waals surface area contributed by atoms with Crippen molar-refractivity contribution in [3.63, 3.8) is 0 Å². The van der Waals surface area contributed by atoms with Gasteiger partial charge in [-0.05, 0) is 111 Å². The Balaban J connectivity index is 0.0000000810. The molecule has 5 atom stereocenters.